The molecule has 120 valence electrons. The number of aliphatic hydroxyl groups is 2. The van der Waals surface area contributed by atoms with E-state index in [1.165, 1.54) is 4.68 Å². The van der Waals surface area contributed by atoms with Crippen LogP contribution in [-0.4, -0.2) is 54.0 Å². The van der Waals surface area contributed by atoms with Gasteiger partial charge in [0.15, 0.2) is 5.69 Å². The van der Waals surface area contributed by atoms with Crippen LogP contribution in [0, 0.1) is 0 Å². The first-order valence-electron chi connectivity index (χ1n) is 7.09. The van der Waals surface area contributed by atoms with Crippen molar-refractivity contribution in [2.45, 2.75) is 19.1 Å². The van der Waals surface area contributed by atoms with Gasteiger partial charge in [0.25, 0.3) is 0 Å². The van der Waals surface area contributed by atoms with E-state index in [0.29, 0.717) is 12.1 Å². The Morgan fingerprint density at radius 1 is 1.35 bits per heavy atom. The number of benzene rings is 1. The van der Waals surface area contributed by atoms with E-state index in [-0.39, 0.29) is 12.2 Å². The molecule has 3 aromatic rings. The number of aromatic carboxylic acids is 1. The van der Waals surface area contributed by atoms with Crippen LogP contribution in [0.5, 0.6) is 0 Å². The highest BCUT2D eigenvalue weighted by atomic mass is 16.4. The Bertz CT molecular complexity index is 839. The summed E-state index contributed by atoms with van der Waals surface area (Å²) in [6.45, 7) is -0.455. The van der Waals surface area contributed by atoms with Gasteiger partial charge in [-0.3, -0.25) is 0 Å². The molecule has 2 heterocycles. The lowest BCUT2D eigenvalue weighted by Gasteiger charge is -2.10. The summed E-state index contributed by atoms with van der Waals surface area (Å²) in [5.74, 6) is -1.18. The van der Waals surface area contributed by atoms with E-state index in [1.54, 1.807) is 0 Å². The van der Waals surface area contributed by atoms with E-state index in [9.17, 15) is 15.0 Å². The van der Waals surface area contributed by atoms with Gasteiger partial charge in [0.05, 0.1) is 24.9 Å². The molecular formula is C15H16N4O4. The van der Waals surface area contributed by atoms with Crippen LogP contribution in [0.1, 0.15) is 21.7 Å². The third-order valence-electron chi connectivity index (χ3n) is 3.67. The maximum Gasteiger partial charge on any atom is 0.358 e. The lowest BCUT2D eigenvalue weighted by Crippen LogP contribution is -2.22. The average Bonchev–Trinajstić information content (AvgIpc) is 3.13. The number of hydrogen-bond donors (Lipinski definition) is 4. The second-order valence-corrected chi connectivity index (χ2v) is 5.24. The predicted molar refractivity (Wildman–Crippen MR) is 81.2 cm³/mol. The molecule has 0 bridgehead atoms. The number of aromatic nitrogens is 4. The minimum absolute atomic E-state index is 0.0194. The van der Waals surface area contributed by atoms with Crippen molar-refractivity contribution in [2.75, 3.05) is 6.61 Å². The molecule has 1 atom stereocenters. The zero-order valence-corrected chi connectivity index (χ0v) is 12.2. The van der Waals surface area contributed by atoms with Gasteiger partial charge in [-0.05, 0) is 11.6 Å². The van der Waals surface area contributed by atoms with Crippen LogP contribution in [0.25, 0.3) is 10.9 Å². The average molecular weight is 316 g/mol. The van der Waals surface area contributed by atoms with Crippen LogP contribution in [0.4, 0.5) is 0 Å². The van der Waals surface area contributed by atoms with Gasteiger partial charge in [-0.15, -0.1) is 5.10 Å². The second kappa shape index (κ2) is 6.19. The van der Waals surface area contributed by atoms with E-state index >= 15 is 0 Å². The van der Waals surface area contributed by atoms with Crippen LogP contribution in [0.2, 0.25) is 0 Å². The van der Waals surface area contributed by atoms with Crippen molar-refractivity contribution in [3.05, 3.63) is 47.4 Å². The van der Waals surface area contributed by atoms with Crippen LogP contribution >= 0.6 is 0 Å². The highest BCUT2D eigenvalue weighted by Gasteiger charge is 2.21. The minimum atomic E-state index is -1.18. The van der Waals surface area contributed by atoms with Crippen LogP contribution in [0.3, 0.4) is 0 Å². The normalized spacial score (nSPS) is 12.6. The number of rotatable bonds is 6. The van der Waals surface area contributed by atoms with Crippen molar-refractivity contribution in [3.63, 3.8) is 0 Å². The summed E-state index contributed by atoms with van der Waals surface area (Å²) in [5.41, 5.74) is 2.09. The number of carbonyl (C=O) groups is 1. The number of nitrogens with zero attached hydrogens (tertiary/aromatic N) is 3. The van der Waals surface area contributed by atoms with E-state index in [1.807, 2.05) is 30.5 Å². The zero-order chi connectivity index (χ0) is 16.4. The number of fused-ring (bicyclic) bond motifs is 1. The summed E-state index contributed by atoms with van der Waals surface area (Å²) in [6, 6.07) is 7.69. The van der Waals surface area contributed by atoms with Gasteiger partial charge < -0.3 is 20.3 Å². The quantitative estimate of drug-likeness (QED) is 0.522. The van der Waals surface area contributed by atoms with Gasteiger partial charge >= 0.3 is 5.97 Å². The van der Waals surface area contributed by atoms with Crippen molar-refractivity contribution in [3.8, 4) is 0 Å². The SMILES string of the molecule is O=C(O)c1nnn(CC(O)CO)c1Cc1c[nH]c2ccccc12. The maximum absolute atomic E-state index is 11.3. The van der Waals surface area contributed by atoms with E-state index in [0.717, 1.165) is 16.5 Å². The van der Waals surface area contributed by atoms with Crippen molar-refractivity contribution in [1.29, 1.82) is 0 Å². The number of carboxylic acid groups (broad SMARTS) is 1. The lowest BCUT2D eigenvalue weighted by atomic mass is 10.1. The third kappa shape index (κ3) is 2.94. The summed E-state index contributed by atoms with van der Waals surface area (Å²) in [4.78, 5) is 14.5. The van der Waals surface area contributed by atoms with Crippen molar-refractivity contribution in [2.24, 2.45) is 0 Å². The Morgan fingerprint density at radius 2 is 2.13 bits per heavy atom. The highest BCUT2D eigenvalue weighted by molar-refractivity contribution is 5.87. The molecule has 0 saturated heterocycles. The number of carboxylic acids is 1. The molecule has 0 radical (unpaired) electrons. The first kappa shape index (κ1) is 15.2. The van der Waals surface area contributed by atoms with Gasteiger partial charge in [-0.2, -0.15) is 0 Å². The number of hydrogen-bond acceptors (Lipinski definition) is 5. The number of aliphatic hydroxyl groups excluding tert-OH is 2. The molecule has 1 aromatic carbocycles. The molecule has 0 amide bonds. The Hall–Kier alpha value is -2.71. The molecule has 0 fully saturated rings. The summed E-state index contributed by atoms with van der Waals surface area (Å²) in [7, 11) is 0. The van der Waals surface area contributed by atoms with Gasteiger partial charge in [-0.1, -0.05) is 23.4 Å². The standard InChI is InChI=1S/C15H16N4O4/c20-8-10(21)7-19-13(14(15(22)23)17-18-19)5-9-6-16-12-4-2-1-3-11(9)12/h1-4,6,10,16,20-21H,5,7-8H2,(H,22,23). The zero-order valence-electron chi connectivity index (χ0n) is 12.2. The topological polar surface area (TPSA) is 124 Å². The Labute approximate surface area is 131 Å². The molecule has 3 rings (SSSR count). The maximum atomic E-state index is 11.3. The molecule has 4 N–H and O–H groups in total. The van der Waals surface area contributed by atoms with E-state index < -0.39 is 18.7 Å². The molecule has 23 heavy (non-hydrogen) atoms. The lowest BCUT2D eigenvalue weighted by molar-refractivity contribution is 0.0687. The smallest absolute Gasteiger partial charge is 0.358 e. The fraction of sp³-hybridized carbons (Fsp3) is 0.267. The molecule has 0 aliphatic rings. The van der Waals surface area contributed by atoms with Gasteiger partial charge in [0, 0.05) is 23.5 Å². The summed E-state index contributed by atoms with van der Waals surface area (Å²) in [5, 5.41) is 36.3. The molecule has 0 aliphatic carbocycles. The Morgan fingerprint density at radius 3 is 2.87 bits per heavy atom. The summed E-state index contributed by atoms with van der Waals surface area (Å²) < 4.78 is 1.33. The molecule has 8 heteroatoms. The highest BCUT2D eigenvalue weighted by Crippen LogP contribution is 2.22. The van der Waals surface area contributed by atoms with Gasteiger partial charge in [0.2, 0.25) is 0 Å². The van der Waals surface area contributed by atoms with Gasteiger partial charge in [-0.25, -0.2) is 9.48 Å². The monoisotopic (exact) mass is 316 g/mol. The number of H-pyrrole nitrogens is 1. The molecular weight excluding hydrogens is 300 g/mol. The number of nitrogens with one attached hydrogen (secondary N) is 1. The third-order valence-corrected chi connectivity index (χ3v) is 3.67. The fourth-order valence-corrected chi connectivity index (χ4v) is 2.54. The van der Waals surface area contributed by atoms with Crippen molar-refractivity contribution in [1.82, 2.24) is 20.0 Å². The van der Waals surface area contributed by atoms with Crippen LogP contribution < -0.4 is 0 Å². The van der Waals surface area contributed by atoms with Crippen LogP contribution in [-0.2, 0) is 13.0 Å². The van der Waals surface area contributed by atoms with Gasteiger partial charge in [0.1, 0.15) is 0 Å². The predicted octanol–water partition coefficient (Wildman–Crippen LogP) is 0.402. The molecule has 0 saturated carbocycles. The second-order valence-electron chi connectivity index (χ2n) is 5.24. The molecule has 2 aromatic heterocycles. The molecule has 8 nitrogen and oxygen atoms in total. The Balaban J connectivity index is 2.00. The van der Waals surface area contributed by atoms with E-state index in [4.69, 9.17) is 5.11 Å². The summed E-state index contributed by atoms with van der Waals surface area (Å²) >= 11 is 0. The first-order chi connectivity index (χ1) is 11.1. The molecule has 0 spiro atoms. The fourth-order valence-electron chi connectivity index (χ4n) is 2.54. The first-order valence-corrected chi connectivity index (χ1v) is 7.09. The van der Waals surface area contributed by atoms with E-state index in [2.05, 4.69) is 15.3 Å². The molecule has 0 aliphatic heterocycles. The van der Waals surface area contributed by atoms with Crippen molar-refractivity contribution < 1.29 is 20.1 Å². The van der Waals surface area contributed by atoms with Crippen LogP contribution in [0.15, 0.2) is 30.5 Å². The number of para-hydroxylation sites is 1. The van der Waals surface area contributed by atoms with Crippen molar-refractivity contribution >= 4 is 16.9 Å². The molecule has 1 unspecified atom stereocenters. The largest absolute Gasteiger partial charge is 0.476 e. The number of aromatic amines is 1. The minimum Gasteiger partial charge on any atom is -0.476 e. The Kier molecular flexibility index (Phi) is 4.09. The summed E-state index contributed by atoms with van der Waals surface area (Å²) in [6.07, 6.45) is 1.09.